The summed E-state index contributed by atoms with van der Waals surface area (Å²) < 4.78 is 5.50. The summed E-state index contributed by atoms with van der Waals surface area (Å²) in [7, 11) is 0. The van der Waals surface area contributed by atoms with E-state index in [4.69, 9.17) is 9.52 Å². The Morgan fingerprint density at radius 3 is 2.89 bits per heavy atom. The first-order valence-electron chi connectivity index (χ1n) is 6.65. The highest BCUT2D eigenvalue weighted by molar-refractivity contribution is 5.80. The van der Waals surface area contributed by atoms with Crippen LogP contribution in [0.1, 0.15) is 18.4 Å². The lowest BCUT2D eigenvalue weighted by Crippen LogP contribution is -2.33. The van der Waals surface area contributed by atoms with Gasteiger partial charge < -0.3 is 9.52 Å². The predicted molar refractivity (Wildman–Crippen MR) is 72.1 cm³/mol. The van der Waals surface area contributed by atoms with Gasteiger partial charge in [-0.05, 0) is 30.9 Å². The predicted octanol–water partition coefficient (Wildman–Crippen LogP) is 2.52. The lowest BCUT2D eigenvalue weighted by Gasteiger charge is -2.19. The highest BCUT2D eigenvalue weighted by Crippen LogP contribution is 2.27. The molecule has 0 unspecified atom stereocenters. The Bertz CT molecular complexity index is 586. The van der Waals surface area contributed by atoms with E-state index in [2.05, 4.69) is 4.90 Å². The molecule has 0 aliphatic heterocycles. The Morgan fingerprint density at radius 2 is 2.16 bits per heavy atom. The Hall–Kier alpha value is -1.81. The molecule has 0 amide bonds. The minimum atomic E-state index is -0.746. The van der Waals surface area contributed by atoms with Gasteiger partial charge in [-0.1, -0.05) is 18.2 Å². The maximum Gasteiger partial charge on any atom is 0.317 e. The quantitative estimate of drug-likeness (QED) is 0.866. The fraction of sp³-hybridized carbons (Fsp3) is 0.400. The van der Waals surface area contributed by atoms with Crippen molar-refractivity contribution in [3.05, 3.63) is 36.1 Å². The van der Waals surface area contributed by atoms with Gasteiger partial charge in [-0.2, -0.15) is 0 Å². The van der Waals surface area contributed by atoms with E-state index in [-0.39, 0.29) is 6.54 Å². The second-order valence-electron chi connectivity index (χ2n) is 5.10. The molecule has 2 aromatic rings. The number of fused-ring (bicyclic) bond motifs is 1. The summed E-state index contributed by atoms with van der Waals surface area (Å²) in [5.41, 5.74) is 2.06. The molecular formula is C15H17NO3. The maximum atomic E-state index is 10.9. The van der Waals surface area contributed by atoms with Crippen molar-refractivity contribution < 1.29 is 14.3 Å². The van der Waals surface area contributed by atoms with Gasteiger partial charge in [0.1, 0.15) is 5.58 Å². The van der Waals surface area contributed by atoms with Gasteiger partial charge in [0, 0.05) is 18.0 Å². The molecule has 100 valence electrons. The van der Waals surface area contributed by atoms with E-state index >= 15 is 0 Å². The number of carboxylic acid groups (broad SMARTS) is 1. The molecule has 1 aromatic carbocycles. The van der Waals surface area contributed by atoms with Crippen LogP contribution in [0.5, 0.6) is 0 Å². The van der Waals surface area contributed by atoms with Crippen molar-refractivity contribution in [2.75, 3.05) is 13.1 Å². The molecule has 1 N–H and O–H groups in total. The van der Waals surface area contributed by atoms with Crippen LogP contribution < -0.4 is 0 Å². The van der Waals surface area contributed by atoms with Gasteiger partial charge in [0.25, 0.3) is 0 Å². The third-order valence-corrected chi connectivity index (χ3v) is 3.63. The zero-order valence-electron chi connectivity index (χ0n) is 10.7. The molecular weight excluding hydrogens is 242 g/mol. The SMILES string of the molecule is O=C(O)CN(CCc1coc2ccccc12)C1CC1. The average molecular weight is 259 g/mol. The lowest BCUT2D eigenvalue weighted by atomic mass is 10.1. The number of carboxylic acids is 1. The molecule has 1 aromatic heterocycles. The highest BCUT2D eigenvalue weighted by Gasteiger charge is 2.29. The zero-order chi connectivity index (χ0) is 13.2. The molecule has 1 aliphatic carbocycles. The summed E-state index contributed by atoms with van der Waals surface area (Å²) in [5, 5.41) is 10.1. The van der Waals surface area contributed by atoms with Crippen LogP contribution in [-0.2, 0) is 11.2 Å². The molecule has 3 rings (SSSR count). The fourth-order valence-electron chi connectivity index (χ4n) is 2.49. The van der Waals surface area contributed by atoms with Gasteiger partial charge in [-0.15, -0.1) is 0 Å². The van der Waals surface area contributed by atoms with Crippen LogP contribution in [0, 0.1) is 0 Å². The number of aliphatic carboxylic acids is 1. The number of nitrogens with zero attached hydrogens (tertiary/aromatic N) is 1. The molecule has 4 nitrogen and oxygen atoms in total. The van der Waals surface area contributed by atoms with Crippen LogP contribution in [-0.4, -0.2) is 35.1 Å². The van der Waals surface area contributed by atoms with Crippen LogP contribution in [0.25, 0.3) is 11.0 Å². The Labute approximate surface area is 111 Å². The van der Waals surface area contributed by atoms with Crippen LogP contribution in [0.2, 0.25) is 0 Å². The summed E-state index contributed by atoms with van der Waals surface area (Å²) in [4.78, 5) is 12.9. The van der Waals surface area contributed by atoms with Gasteiger partial charge in [0.2, 0.25) is 0 Å². The zero-order valence-corrected chi connectivity index (χ0v) is 10.7. The number of para-hydroxylation sites is 1. The molecule has 0 saturated heterocycles. The molecule has 1 fully saturated rings. The normalized spacial score (nSPS) is 15.2. The Kier molecular flexibility index (Phi) is 3.25. The monoisotopic (exact) mass is 259 g/mol. The maximum absolute atomic E-state index is 10.9. The van der Waals surface area contributed by atoms with Gasteiger partial charge in [0.15, 0.2) is 0 Å². The van der Waals surface area contributed by atoms with E-state index in [1.165, 1.54) is 0 Å². The van der Waals surface area contributed by atoms with E-state index in [1.807, 2.05) is 24.3 Å². The Morgan fingerprint density at radius 1 is 1.37 bits per heavy atom. The first-order chi connectivity index (χ1) is 9.24. The summed E-state index contributed by atoms with van der Waals surface area (Å²) in [6.07, 6.45) is 4.87. The standard InChI is InChI=1S/C15H17NO3/c17-15(18)9-16(12-5-6-12)8-7-11-10-19-14-4-2-1-3-13(11)14/h1-4,10,12H,5-9H2,(H,17,18). The summed E-state index contributed by atoms with van der Waals surface area (Å²) in [6.45, 7) is 0.918. The molecule has 0 spiro atoms. The fourth-order valence-corrected chi connectivity index (χ4v) is 2.49. The molecule has 1 saturated carbocycles. The number of carbonyl (C=O) groups is 1. The smallest absolute Gasteiger partial charge is 0.317 e. The van der Waals surface area contributed by atoms with E-state index < -0.39 is 5.97 Å². The van der Waals surface area contributed by atoms with E-state index in [0.717, 1.165) is 42.3 Å². The second kappa shape index (κ2) is 5.05. The lowest BCUT2D eigenvalue weighted by molar-refractivity contribution is -0.138. The number of rotatable bonds is 6. The van der Waals surface area contributed by atoms with Gasteiger partial charge in [0.05, 0.1) is 12.8 Å². The molecule has 19 heavy (non-hydrogen) atoms. The second-order valence-corrected chi connectivity index (χ2v) is 5.10. The van der Waals surface area contributed by atoms with Crippen molar-refractivity contribution in [1.82, 2.24) is 4.90 Å². The van der Waals surface area contributed by atoms with Crippen molar-refractivity contribution in [1.29, 1.82) is 0 Å². The molecule has 0 atom stereocenters. The van der Waals surface area contributed by atoms with Crippen LogP contribution in [0.4, 0.5) is 0 Å². The largest absolute Gasteiger partial charge is 0.480 e. The van der Waals surface area contributed by atoms with Crippen molar-refractivity contribution in [2.24, 2.45) is 0 Å². The third-order valence-electron chi connectivity index (χ3n) is 3.63. The molecule has 0 bridgehead atoms. The van der Waals surface area contributed by atoms with Crippen molar-refractivity contribution in [2.45, 2.75) is 25.3 Å². The minimum Gasteiger partial charge on any atom is -0.480 e. The number of hydrogen-bond donors (Lipinski definition) is 1. The van der Waals surface area contributed by atoms with Gasteiger partial charge >= 0.3 is 5.97 Å². The van der Waals surface area contributed by atoms with Crippen LogP contribution >= 0.6 is 0 Å². The minimum absolute atomic E-state index is 0.139. The number of benzene rings is 1. The van der Waals surface area contributed by atoms with Crippen molar-refractivity contribution in [3.63, 3.8) is 0 Å². The average Bonchev–Trinajstić information content (AvgIpc) is 3.16. The molecule has 1 heterocycles. The summed E-state index contributed by atoms with van der Waals surface area (Å²) in [6, 6.07) is 8.42. The van der Waals surface area contributed by atoms with E-state index in [0.29, 0.717) is 6.04 Å². The first kappa shape index (κ1) is 12.2. The first-order valence-corrected chi connectivity index (χ1v) is 6.65. The Balaban J connectivity index is 1.69. The third kappa shape index (κ3) is 2.79. The summed E-state index contributed by atoms with van der Waals surface area (Å²) >= 11 is 0. The number of furan rings is 1. The molecule has 4 heteroatoms. The van der Waals surface area contributed by atoms with E-state index in [9.17, 15) is 4.79 Å². The van der Waals surface area contributed by atoms with Crippen LogP contribution in [0.3, 0.4) is 0 Å². The van der Waals surface area contributed by atoms with Crippen molar-refractivity contribution >= 4 is 16.9 Å². The van der Waals surface area contributed by atoms with Gasteiger partial charge in [-0.25, -0.2) is 0 Å². The van der Waals surface area contributed by atoms with Crippen LogP contribution in [0.15, 0.2) is 34.9 Å². The molecule has 0 radical (unpaired) electrons. The topological polar surface area (TPSA) is 53.7 Å². The number of hydrogen-bond acceptors (Lipinski definition) is 3. The van der Waals surface area contributed by atoms with Crippen molar-refractivity contribution in [3.8, 4) is 0 Å². The van der Waals surface area contributed by atoms with Gasteiger partial charge in [-0.3, -0.25) is 9.69 Å². The van der Waals surface area contributed by atoms with E-state index in [1.54, 1.807) is 6.26 Å². The molecule has 1 aliphatic rings. The highest BCUT2D eigenvalue weighted by atomic mass is 16.4. The summed E-state index contributed by atoms with van der Waals surface area (Å²) in [5.74, 6) is -0.746.